The van der Waals surface area contributed by atoms with Gasteiger partial charge in [-0.1, -0.05) is 6.07 Å². The second-order valence-corrected chi connectivity index (χ2v) is 5.94. The number of ether oxygens (including phenoxy) is 4. The van der Waals surface area contributed by atoms with E-state index in [9.17, 15) is 4.79 Å². The lowest BCUT2D eigenvalue weighted by Gasteiger charge is -2.18. The molecule has 0 atom stereocenters. The third-order valence-corrected chi connectivity index (χ3v) is 4.01. The predicted molar refractivity (Wildman–Crippen MR) is 97.1 cm³/mol. The molecule has 134 valence electrons. The maximum atomic E-state index is 12.2. The summed E-state index contributed by atoms with van der Waals surface area (Å²) in [6.07, 6.45) is 4.08. The van der Waals surface area contributed by atoms with E-state index in [1.807, 2.05) is 18.2 Å². The SMILES string of the molecule is O=C(/C=C/c1ccc2c(c1)OCCCO2)Nc1ccc2c(c1)OCCO2. The zero-order valence-electron chi connectivity index (χ0n) is 14.2. The molecule has 6 heteroatoms. The molecule has 0 aromatic heterocycles. The molecule has 1 N–H and O–H groups in total. The fraction of sp³-hybridized carbons (Fsp3) is 0.250. The van der Waals surface area contributed by atoms with E-state index in [0.717, 1.165) is 17.7 Å². The number of anilines is 1. The monoisotopic (exact) mass is 353 g/mol. The van der Waals surface area contributed by atoms with E-state index < -0.39 is 0 Å². The van der Waals surface area contributed by atoms with Crippen LogP contribution in [0.1, 0.15) is 12.0 Å². The van der Waals surface area contributed by atoms with Gasteiger partial charge in [-0.3, -0.25) is 4.79 Å². The normalized spacial score (nSPS) is 15.4. The molecule has 6 nitrogen and oxygen atoms in total. The number of rotatable bonds is 3. The van der Waals surface area contributed by atoms with Crippen LogP contribution in [-0.4, -0.2) is 32.3 Å². The molecule has 0 aliphatic carbocycles. The number of fused-ring (bicyclic) bond motifs is 2. The molecule has 1 amide bonds. The summed E-state index contributed by atoms with van der Waals surface area (Å²) in [6, 6.07) is 11.0. The van der Waals surface area contributed by atoms with E-state index in [2.05, 4.69) is 5.32 Å². The molecule has 0 saturated carbocycles. The highest BCUT2D eigenvalue weighted by Crippen LogP contribution is 2.33. The summed E-state index contributed by atoms with van der Waals surface area (Å²) in [5.41, 5.74) is 1.52. The Morgan fingerprint density at radius 3 is 2.31 bits per heavy atom. The Kier molecular flexibility index (Phi) is 4.64. The minimum atomic E-state index is -0.228. The molecule has 0 radical (unpaired) electrons. The van der Waals surface area contributed by atoms with Crippen LogP contribution in [0.25, 0.3) is 6.08 Å². The molecule has 0 saturated heterocycles. The molecule has 2 aromatic rings. The van der Waals surface area contributed by atoms with E-state index >= 15 is 0 Å². The molecule has 26 heavy (non-hydrogen) atoms. The smallest absolute Gasteiger partial charge is 0.248 e. The van der Waals surface area contributed by atoms with E-state index in [4.69, 9.17) is 18.9 Å². The van der Waals surface area contributed by atoms with Gasteiger partial charge in [-0.15, -0.1) is 0 Å². The quantitative estimate of drug-likeness (QED) is 0.858. The molecular formula is C20H19NO5. The maximum absolute atomic E-state index is 12.2. The van der Waals surface area contributed by atoms with Gasteiger partial charge < -0.3 is 24.3 Å². The maximum Gasteiger partial charge on any atom is 0.248 e. The van der Waals surface area contributed by atoms with Crippen LogP contribution >= 0.6 is 0 Å². The van der Waals surface area contributed by atoms with Gasteiger partial charge in [-0.05, 0) is 35.9 Å². The fourth-order valence-corrected chi connectivity index (χ4v) is 2.76. The lowest BCUT2D eigenvalue weighted by Crippen LogP contribution is -2.16. The second kappa shape index (κ2) is 7.39. The van der Waals surface area contributed by atoms with Crippen LogP contribution in [0.3, 0.4) is 0 Å². The number of amides is 1. The number of hydrogen-bond acceptors (Lipinski definition) is 5. The minimum Gasteiger partial charge on any atom is -0.490 e. The average molecular weight is 353 g/mol. The van der Waals surface area contributed by atoms with Crippen molar-refractivity contribution in [3.63, 3.8) is 0 Å². The lowest BCUT2D eigenvalue weighted by molar-refractivity contribution is -0.111. The number of carbonyl (C=O) groups excluding carboxylic acids is 1. The second-order valence-electron chi connectivity index (χ2n) is 5.94. The highest BCUT2D eigenvalue weighted by Gasteiger charge is 2.12. The standard InChI is InChI=1S/C20H19NO5/c22-20(21-15-4-6-17-19(13-15)26-11-10-25-17)7-3-14-2-5-16-18(12-14)24-9-1-8-23-16/h2-7,12-13H,1,8-11H2,(H,21,22)/b7-3+. The van der Waals surface area contributed by atoms with Crippen molar-refractivity contribution in [3.05, 3.63) is 48.0 Å². The Bertz CT molecular complexity index is 846. The number of benzene rings is 2. The summed E-state index contributed by atoms with van der Waals surface area (Å²) in [5, 5.41) is 2.82. The van der Waals surface area contributed by atoms with Crippen LogP contribution in [0.15, 0.2) is 42.5 Å². The van der Waals surface area contributed by atoms with Crippen molar-refractivity contribution in [2.75, 3.05) is 31.7 Å². The van der Waals surface area contributed by atoms with Gasteiger partial charge in [-0.25, -0.2) is 0 Å². The van der Waals surface area contributed by atoms with Crippen LogP contribution in [0.5, 0.6) is 23.0 Å². The van der Waals surface area contributed by atoms with Crippen LogP contribution in [0, 0.1) is 0 Å². The van der Waals surface area contributed by atoms with E-state index in [-0.39, 0.29) is 5.91 Å². The van der Waals surface area contributed by atoms with Crippen molar-refractivity contribution in [1.82, 2.24) is 0 Å². The molecule has 4 rings (SSSR count). The molecule has 2 aliphatic rings. The van der Waals surface area contributed by atoms with Crippen molar-refractivity contribution in [2.45, 2.75) is 6.42 Å². The summed E-state index contributed by atoms with van der Waals surface area (Å²) in [7, 11) is 0. The highest BCUT2D eigenvalue weighted by molar-refractivity contribution is 6.02. The summed E-state index contributed by atoms with van der Waals surface area (Å²) in [4.78, 5) is 12.2. The van der Waals surface area contributed by atoms with Gasteiger partial charge in [0.1, 0.15) is 13.2 Å². The summed E-state index contributed by atoms with van der Waals surface area (Å²) in [5.74, 6) is 2.55. The van der Waals surface area contributed by atoms with Gasteiger partial charge in [0.25, 0.3) is 0 Å². The minimum absolute atomic E-state index is 0.228. The van der Waals surface area contributed by atoms with Gasteiger partial charge in [0.05, 0.1) is 13.2 Å². The van der Waals surface area contributed by atoms with Crippen molar-refractivity contribution < 1.29 is 23.7 Å². The topological polar surface area (TPSA) is 66.0 Å². The molecule has 0 fully saturated rings. The zero-order chi connectivity index (χ0) is 17.8. The van der Waals surface area contributed by atoms with Crippen LogP contribution in [0.4, 0.5) is 5.69 Å². The van der Waals surface area contributed by atoms with Crippen molar-refractivity contribution in [1.29, 1.82) is 0 Å². The predicted octanol–water partition coefficient (Wildman–Crippen LogP) is 3.27. The number of hydrogen-bond donors (Lipinski definition) is 1. The Morgan fingerprint density at radius 2 is 1.46 bits per heavy atom. The Hall–Kier alpha value is -3.15. The Labute approximate surface area is 151 Å². The van der Waals surface area contributed by atoms with Gasteiger partial charge >= 0.3 is 0 Å². The van der Waals surface area contributed by atoms with Gasteiger partial charge in [0.15, 0.2) is 23.0 Å². The van der Waals surface area contributed by atoms with E-state index in [1.54, 1.807) is 24.3 Å². The first-order chi connectivity index (χ1) is 12.8. The Balaban J connectivity index is 1.42. The third kappa shape index (κ3) is 3.74. The van der Waals surface area contributed by atoms with Crippen LogP contribution < -0.4 is 24.3 Å². The summed E-state index contributed by atoms with van der Waals surface area (Å²) >= 11 is 0. The highest BCUT2D eigenvalue weighted by atomic mass is 16.6. The van der Waals surface area contributed by atoms with Gasteiger partial charge in [0.2, 0.25) is 5.91 Å². The molecule has 2 aromatic carbocycles. The van der Waals surface area contributed by atoms with Gasteiger partial charge in [0, 0.05) is 24.3 Å². The molecule has 0 unspecified atom stereocenters. The fourth-order valence-electron chi connectivity index (χ4n) is 2.76. The number of carbonyl (C=O) groups is 1. The van der Waals surface area contributed by atoms with Crippen molar-refractivity contribution in [3.8, 4) is 23.0 Å². The first-order valence-corrected chi connectivity index (χ1v) is 8.56. The molecular weight excluding hydrogens is 334 g/mol. The van der Waals surface area contributed by atoms with E-state index in [0.29, 0.717) is 49.4 Å². The first-order valence-electron chi connectivity index (χ1n) is 8.56. The van der Waals surface area contributed by atoms with Crippen LogP contribution in [-0.2, 0) is 4.79 Å². The average Bonchev–Trinajstić information content (AvgIpc) is 2.91. The Morgan fingerprint density at radius 1 is 0.808 bits per heavy atom. The number of nitrogens with one attached hydrogen (secondary N) is 1. The van der Waals surface area contributed by atoms with Crippen LogP contribution in [0.2, 0.25) is 0 Å². The van der Waals surface area contributed by atoms with Gasteiger partial charge in [-0.2, -0.15) is 0 Å². The molecule has 0 spiro atoms. The molecule has 2 aliphatic heterocycles. The lowest BCUT2D eigenvalue weighted by atomic mass is 10.2. The summed E-state index contributed by atoms with van der Waals surface area (Å²) < 4.78 is 22.2. The van der Waals surface area contributed by atoms with Crippen molar-refractivity contribution >= 4 is 17.7 Å². The third-order valence-electron chi connectivity index (χ3n) is 4.01. The largest absolute Gasteiger partial charge is 0.490 e. The zero-order valence-corrected chi connectivity index (χ0v) is 14.2. The summed E-state index contributed by atoms with van der Waals surface area (Å²) in [6.45, 7) is 2.33. The van der Waals surface area contributed by atoms with E-state index in [1.165, 1.54) is 6.08 Å². The first kappa shape index (κ1) is 16.3. The molecule has 2 heterocycles. The molecule has 0 bridgehead atoms. The van der Waals surface area contributed by atoms with Crippen molar-refractivity contribution in [2.24, 2.45) is 0 Å².